The molecule has 0 unspecified atom stereocenters. The minimum Gasteiger partial charge on any atom is -0.486 e. The monoisotopic (exact) mass is 396 g/mol. The van der Waals surface area contributed by atoms with Gasteiger partial charge in [-0.2, -0.15) is 5.10 Å². The SMILES string of the molecule is Cn1ncc2c1ncn1nc(-c3ccc(COc4ccc5ccccc5c4)o3)nc21. The first-order valence-corrected chi connectivity index (χ1v) is 9.48. The second-order valence-electron chi connectivity index (χ2n) is 7.02. The molecule has 4 aromatic heterocycles. The maximum atomic E-state index is 5.92. The highest BCUT2D eigenvalue weighted by molar-refractivity contribution is 5.88. The van der Waals surface area contributed by atoms with E-state index in [1.165, 1.54) is 5.39 Å². The van der Waals surface area contributed by atoms with Crippen LogP contribution >= 0.6 is 0 Å². The Hall–Kier alpha value is -4.20. The zero-order chi connectivity index (χ0) is 20.1. The highest BCUT2D eigenvalue weighted by atomic mass is 16.5. The van der Waals surface area contributed by atoms with Gasteiger partial charge in [-0.25, -0.2) is 14.5 Å². The Morgan fingerprint density at radius 3 is 2.83 bits per heavy atom. The Morgan fingerprint density at radius 2 is 1.90 bits per heavy atom. The quantitative estimate of drug-likeness (QED) is 0.448. The largest absolute Gasteiger partial charge is 0.486 e. The van der Waals surface area contributed by atoms with E-state index in [-0.39, 0.29) is 0 Å². The third-order valence-electron chi connectivity index (χ3n) is 5.05. The van der Waals surface area contributed by atoms with Gasteiger partial charge in [0.05, 0.1) is 11.6 Å². The minimum atomic E-state index is 0.320. The molecule has 0 radical (unpaired) electrons. The van der Waals surface area contributed by atoms with Crippen LogP contribution in [0.25, 0.3) is 39.0 Å². The fourth-order valence-electron chi connectivity index (χ4n) is 3.53. The van der Waals surface area contributed by atoms with Gasteiger partial charge in [0, 0.05) is 7.05 Å². The molecule has 4 heterocycles. The maximum Gasteiger partial charge on any atom is 0.217 e. The van der Waals surface area contributed by atoms with Gasteiger partial charge in [-0.1, -0.05) is 30.3 Å². The van der Waals surface area contributed by atoms with E-state index in [9.17, 15) is 0 Å². The van der Waals surface area contributed by atoms with Crippen molar-refractivity contribution in [2.24, 2.45) is 7.05 Å². The Labute approximate surface area is 170 Å². The van der Waals surface area contributed by atoms with Gasteiger partial charge in [0.1, 0.15) is 24.4 Å². The van der Waals surface area contributed by atoms with Crippen LogP contribution in [0.5, 0.6) is 5.75 Å². The first-order chi connectivity index (χ1) is 14.7. The van der Waals surface area contributed by atoms with E-state index in [0.717, 1.165) is 22.2 Å². The van der Waals surface area contributed by atoms with E-state index < -0.39 is 0 Å². The lowest BCUT2D eigenvalue weighted by atomic mass is 10.1. The van der Waals surface area contributed by atoms with E-state index in [4.69, 9.17) is 9.15 Å². The summed E-state index contributed by atoms with van der Waals surface area (Å²) < 4.78 is 15.2. The molecule has 2 aromatic carbocycles. The second kappa shape index (κ2) is 6.41. The average Bonchev–Trinajstić information content (AvgIpc) is 3.50. The maximum absolute atomic E-state index is 5.92. The van der Waals surface area contributed by atoms with Gasteiger partial charge in [-0.15, -0.1) is 5.10 Å². The molecule has 6 rings (SSSR count). The summed E-state index contributed by atoms with van der Waals surface area (Å²) in [6.07, 6.45) is 3.36. The van der Waals surface area contributed by atoms with Crippen molar-refractivity contribution in [2.75, 3.05) is 0 Å². The van der Waals surface area contributed by atoms with Gasteiger partial charge >= 0.3 is 0 Å². The van der Waals surface area contributed by atoms with Crippen LogP contribution in [0.2, 0.25) is 0 Å². The molecule has 8 nitrogen and oxygen atoms in total. The summed E-state index contributed by atoms with van der Waals surface area (Å²) in [5, 5.41) is 11.9. The summed E-state index contributed by atoms with van der Waals surface area (Å²) >= 11 is 0. The Balaban J connectivity index is 1.26. The summed E-state index contributed by atoms with van der Waals surface area (Å²) in [6.45, 7) is 0.320. The summed E-state index contributed by atoms with van der Waals surface area (Å²) in [5.74, 6) is 2.56. The van der Waals surface area contributed by atoms with Gasteiger partial charge in [-0.3, -0.25) is 4.68 Å². The topological polar surface area (TPSA) is 83.3 Å². The smallest absolute Gasteiger partial charge is 0.217 e. The molecule has 8 heteroatoms. The fraction of sp³-hybridized carbons (Fsp3) is 0.0909. The first-order valence-electron chi connectivity index (χ1n) is 9.48. The average molecular weight is 396 g/mol. The van der Waals surface area contributed by atoms with Gasteiger partial charge < -0.3 is 9.15 Å². The first kappa shape index (κ1) is 16.7. The molecule has 0 aliphatic carbocycles. The minimum absolute atomic E-state index is 0.320. The van der Waals surface area contributed by atoms with Crippen LogP contribution in [-0.2, 0) is 13.7 Å². The lowest BCUT2D eigenvalue weighted by Gasteiger charge is -2.05. The van der Waals surface area contributed by atoms with Crippen LogP contribution < -0.4 is 4.74 Å². The number of benzene rings is 2. The summed E-state index contributed by atoms with van der Waals surface area (Å²) in [7, 11) is 1.84. The molecule has 0 aliphatic rings. The zero-order valence-corrected chi connectivity index (χ0v) is 16.1. The lowest BCUT2D eigenvalue weighted by Crippen LogP contribution is -1.94. The van der Waals surface area contributed by atoms with Crippen LogP contribution in [0, 0.1) is 0 Å². The highest BCUT2D eigenvalue weighted by Crippen LogP contribution is 2.25. The molecule has 0 saturated carbocycles. The summed E-state index contributed by atoms with van der Waals surface area (Å²) in [6, 6.07) is 17.9. The predicted molar refractivity (Wildman–Crippen MR) is 111 cm³/mol. The number of hydrogen-bond donors (Lipinski definition) is 0. The number of aryl methyl sites for hydroxylation is 1. The van der Waals surface area contributed by atoms with Crippen LogP contribution in [0.15, 0.2) is 71.5 Å². The van der Waals surface area contributed by atoms with Crippen LogP contribution in [0.1, 0.15) is 5.76 Å². The molecule has 0 bridgehead atoms. The molecule has 0 fully saturated rings. The van der Waals surface area contributed by atoms with Crippen molar-refractivity contribution in [2.45, 2.75) is 6.61 Å². The van der Waals surface area contributed by atoms with Crippen molar-refractivity contribution in [3.63, 3.8) is 0 Å². The molecular formula is C22H16N6O2. The molecular weight excluding hydrogens is 380 g/mol. The Bertz CT molecular complexity index is 1530. The van der Waals surface area contributed by atoms with E-state index in [2.05, 4.69) is 32.3 Å². The van der Waals surface area contributed by atoms with E-state index in [1.807, 2.05) is 49.5 Å². The molecule has 0 spiro atoms. The fourth-order valence-corrected chi connectivity index (χ4v) is 3.53. The number of nitrogens with zero attached hydrogens (tertiary/aromatic N) is 6. The second-order valence-corrected chi connectivity index (χ2v) is 7.02. The van der Waals surface area contributed by atoms with Crippen LogP contribution in [-0.4, -0.2) is 29.4 Å². The molecule has 6 aromatic rings. The standard InChI is InChI=1S/C22H16N6O2/c1-27-21-18(11-24-27)22-25-20(26-28(22)13-23-21)19-9-8-17(30-19)12-29-16-7-6-14-4-2-3-5-15(14)10-16/h2-11,13H,12H2,1H3. The van der Waals surface area contributed by atoms with Crippen molar-refractivity contribution in [1.29, 1.82) is 0 Å². The number of ether oxygens (including phenoxy) is 1. The van der Waals surface area contributed by atoms with Crippen LogP contribution in [0.4, 0.5) is 0 Å². The third-order valence-corrected chi connectivity index (χ3v) is 5.05. The summed E-state index contributed by atoms with van der Waals surface area (Å²) in [4.78, 5) is 8.99. The Kier molecular flexibility index (Phi) is 3.58. The van der Waals surface area contributed by atoms with Gasteiger partial charge in [0.15, 0.2) is 17.1 Å². The number of rotatable bonds is 4. The lowest BCUT2D eigenvalue weighted by molar-refractivity contribution is 0.272. The van der Waals surface area contributed by atoms with Crippen molar-refractivity contribution in [3.8, 4) is 17.3 Å². The molecule has 0 N–H and O–H groups in total. The highest BCUT2D eigenvalue weighted by Gasteiger charge is 2.15. The van der Waals surface area contributed by atoms with Crippen molar-refractivity contribution in [1.82, 2.24) is 29.4 Å². The van der Waals surface area contributed by atoms with Gasteiger partial charge in [0.25, 0.3) is 0 Å². The Morgan fingerprint density at radius 1 is 1.00 bits per heavy atom. The molecule has 0 amide bonds. The molecule has 0 aliphatic heterocycles. The molecule has 146 valence electrons. The van der Waals surface area contributed by atoms with Crippen LogP contribution in [0.3, 0.4) is 0 Å². The molecule has 0 atom stereocenters. The number of hydrogen-bond acceptors (Lipinski definition) is 6. The van der Waals surface area contributed by atoms with E-state index in [1.54, 1.807) is 21.7 Å². The zero-order valence-electron chi connectivity index (χ0n) is 16.1. The van der Waals surface area contributed by atoms with Crippen molar-refractivity contribution >= 4 is 27.5 Å². The van der Waals surface area contributed by atoms with Gasteiger partial charge in [-0.05, 0) is 35.0 Å². The normalized spacial score (nSPS) is 11.6. The summed E-state index contributed by atoms with van der Waals surface area (Å²) in [5.41, 5.74) is 1.44. The third kappa shape index (κ3) is 2.69. The van der Waals surface area contributed by atoms with Gasteiger partial charge in [0.2, 0.25) is 5.82 Å². The predicted octanol–water partition coefficient (Wildman–Crippen LogP) is 4.00. The molecule has 30 heavy (non-hydrogen) atoms. The van der Waals surface area contributed by atoms with Crippen molar-refractivity contribution in [3.05, 3.63) is 72.9 Å². The number of aromatic nitrogens is 6. The number of furan rings is 1. The molecule has 0 saturated heterocycles. The van der Waals surface area contributed by atoms with E-state index >= 15 is 0 Å². The van der Waals surface area contributed by atoms with Crippen molar-refractivity contribution < 1.29 is 9.15 Å². The van der Waals surface area contributed by atoms with E-state index in [0.29, 0.717) is 29.6 Å². The number of fused-ring (bicyclic) bond motifs is 4.